The van der Waals surface area contributed by atoms with Crippen LogP contribution < -0.4 is 9.64 Å². The molecule has 0 unspecified atom stereocenters. The lowest BCUT2D eigenvalue weighted by molar-refractivity contribution is 0.237. The highest BCUT2D eigenvalue weighted by Gasteiger charge is 2.20. The van der Waals surface area contributed by atoms with E-state index in [4.69, 9.17) is 4.74 Å². The first-order valence-electron chi connectivity index (χ1n) is 9.47. The standard InChI is InChI=1S/C20H32N2O/c1-23-20-12-6-5-11-19(20)22-16-14-21(15-17-22)13-7-10-18-8-3-2-4-9-18/h5-6,11-12,18H,2-4,7-10,13-17H2,1H3. The van der Waals surface area contributed by atoms with E-state index >= 15 is 0 Å². The molecule has 1 aliphatic heterocycles. The van der Waals surface area contributed by atoms with Crippen LogP contribution in [0, 0.1) is 5.92 Å². The van der Waals surface area contributed by atoms with Gasteiger partial charge < -0.3 is 9.64 Å². The molecule has 0 N–H and O–H groups in total. The Morgan fingerprint density at radius 2 is 1.74 bits per heavy atom. The number of hydrogen-bond acceptors (Lipinski definition) is 3. The van der Waals surface area contributed by atoms with E-state index in [1.165, 1.54) is 70.3 Å². The second-order valence-electron chi connectivity index (χ2n) is 7.15. The van der Waals surface area contributed by atoms with Gasteiger partial charge in [0, 0.05) is 26.2 Å². The normalized spacial score (nSPS) is 20.7. The summed E-state index contributed by atoms with van der Waals surface area (Å²) in [6.07, 6.45) is 10.2. The average Bonchev–Trinajstić information content (AvgIpc) is 2.63. The number of methoxy groups -OCH3 is 1. The van der Waals surface area contributed by atoms with Crippen molar-refractivity contribution in [2.45, 2.75) is 44.9 Å². The first-order valence-corrected chi connectivity index (χ1v) is 9.47. The Balaban J connectivity index is 1.40. The molecule has 0 atom stereocenters. The van der Waals surface area contributed by atoms with Crippen LogP contribution in [-0.2, 0) is 0 Å². The lowest BCUT2D eigenvalue weighted by atomic mass is 9.86. The smallest absolute Gasteiger partial charge is 0.142 e. The molecule has 0 bridgehead atoms. The van der Waals surface area contributed by atoms with E-state index in [0.29, 0.717) is 0 Å². The lowest BCUT2D eigenvalue weighted by Gasteiger charge is -2.36. The Hall–Kier alpha value is -1.22. The zero-order valence-electron chi connectivity index (χ0n) is 14.7. The van der Waals surface area contributed by atoms with E-state index in [0.717, 1.165) is 24.8 Å². The first-order chi connectivity index (χ1) is 11.4. The van der Waals surface area contributed by atoms with Crippen LogP contribution in [0.15, 0.2) is 24.3 Å². The monoisotopic (exact) mass is 316 g/mol. The summed E-state index contributed by atoms with van der Waals surface area (Å²) in [5, 5.41) is 0. The van der Waals surface area contributed by atoms with Gasteiger partial charge in [0.1, 0.15) is 5.75 Å². The molecule has 1 aromatic rings. The predicted octanol–water partition coefficient (Wildman–Crippen LogP) is 4.18. The van der Waals surface area contributed by atoms with Crippen molar-refractivity contribution in [3.05, 3.63) is 24.3 Å². The van der Waals surface area contributed by atoms with Crippen molar-refractivity contribution in [1.82, 2.24) is 4.90 Å². The zero-order valence-corrected chi connectivity index (χ0v) is 14.7. The van der Waals surface area contributed by atoms with Crippen molar-refractivity contribution >= 4 is 5.69 Å². The van der Waals surface area contributed by atoms with E-state index in [1.807, 2.05) is 6.07 Å². The minimum Gasteiger partial charge on any atom is -0.495 e. The Kier molecular flexibility index (Phi) is 6.21. The second-order valence-corrected chi connectivity index (χ2v) is 7.15. The average molecular weight is 316 g/mol. The lowest BCUT2D eigenvalue weighted by Crippen LogP contribution is -2.46. The molecule has 1 aliphatic carbocycles. The molecule has 3 nitrogen and oxygen atoms in total. The number of rotatable bonds is 6. The van der Waals surface area contributed by atoms with E-state index in [9.17, 15) is 0 Å². The van der Waals surface area contributed by atoms with Crippen LogP contribution in [0.1, 0.15) is 44.9 Å². The van der Waals surface area contributed by atoms with Gasteiger partial charge in [-0.1, -0.05) is 44.2 Å². The van der Waals surface area contributed by atoms with Crippen molar-refractivity contribution in [3.63, 3.8) is 0 Å². The highest BCUT2D eigenvalue weighted by Crippen LogP contribution is 2.29. The molecule has 2 fully saturated rings. The molecule has 128 valence electrons. The number of ether oxygens (including phenoxy) is 1. The highest BCUT2D eigenvalue weighted by molar-refractivity contribution is 5.58. The molecule has 1 saturated carbocycles. The quantitative estimate of drug-likeness (QED) is 0.783. The van der Waals surface area contributed by atoms with Gasteiger partial charge in [-0.25, -0.2) is 0 Å². The van der Waals surface area contributed by atoms with E-state index in [-0.39, 0.29) is 0 Å². The van der Waals surface area contributed by atoms with Crippen molar-refractivity contribution in [1.29, 1.82) is 0 Å². The molecule has 1 aromatic carbocycles. The van der Waals surface area contributed by atoms with Gasteiger partial charge in [0.25, 0.3) is 0 Å². The fourth-order valence-electron chi connectivity index (χ4n) is 4.18. The van der Waals surface area contributed by atoms with Gasteiger partial charge in [-0.05, 0) is 37.4 Å². The summed E-state index contributed by atoms with van der Waals surface area (Å²) >= 11 is 0. The Morgan fingerprint density at radius 3 is 2.48 bits per heavy atom. The van der Waals surface area contributed by atoms with Crippen LogP contribution >= 0.6 is 0 Å². The van der Waals surface area contributed by atoms with Crippen molar-refractivity contribution in [2.75, 3.05) is 44.7 Å². The number of piperazine rings is 1. The number of nitrogens with zero attached hydrogens (tertiary/aromatic N) is 2. The minimum absolute atomic E-state index is 0.998. The van der Waals surface area contributed by atoms with Gasteiger partial charge in [-0.2, -0.15) is 0 Å². The first kappa shape index (κ1) is 16.6. The summed E-state index contributed by atoms with van der Waals surface area (Å²) in [6, 6.07) is 8.39. The third-order valence-corrected chi connectivity index (χ3v) is 5.61. The predicted molar refractivity (Wildman–Crippen MR) is 97.5 cm³/mol. The molecule has 3 rings (SSSR count). The molecule has 0 amide bonds. The van der Waals surface area contributed by atoms with Crippen molar-refractivity contribution in [3.8, 4) is 5.75 Å². The molecule has 0 aromatic heterocycles. The largest absolute Gasteiger partial charge is 0.495 e. The summed E-state index contributed by atoms with van der Waals surface area (Å²) < 4.78 is 5.50. The Labute approximate surface area is 141 Å². The molecular formula is C20H32N2O. The fourth-order valence-corrected chi connectivity index (χ4v) is 4.18. The van der Waals surface area contributed by atoms with Crippen LogP contribution in [0.5, 0.6) is 5.75 Å². The minimum atomic E-state index is 0.998. The van der Waals surface area contributed by atoms with Crippen LogP contribution in [0.4, 0.5) is 5.69 Å². The zero-order chi connectivity index (χ0) is 15.9. The number of benzene rings is 1. The van der Waals surface area contributed by atoms with Gasteiger partial charge in [-0.15, -0.1) is 0 Å². The highest BCUT2D eigenvalue weighted by atomic mass is 16.5. The van der Waals surface area contributed by atoms with Crippen molar-refractivity contribution < 1.29 is 4.74 Å². The van der Waals surface area contributed by atoms with E-state index < -0.39 is 0 Å². The maximum absolute atomic E-state index is 5.50. The third-order valence-electron chi connectivity index (χ3n) is 5.61. The summed E-state index contributed by atoms with van der Waals surface area (Å²) in [4.78, 5) is 5.12. The molecule has 0 spiro atoms. The molecule has 23 heavy (non-hydrogen) atoms. The summed E-state index contributed by atoms with van der Waals surface area (Å²) in [6.45, 7) is 5.88. The van der Waals surface area contributed by atoms with Crippen LogP contribution in [-0.4, -0.2) is 44.7 Å². The fraction of sp³-hybridized carbons (Fsp3) is 0.700. The Morgan fingerprint density at radius 1 is 1.00 bits per heavy atom. The molecule has 1 saturated heterocycles. The maximum Gasteiger partial charge on any atom is 0.142 e. The van der Waals surface area contributed by atoms with E-state index in [1.54, 1.807) is 7.11 Å². The summed E-state index contributed by atoms with van der Waals surface area (Å²) in [5.74, 6) is 2.02. The van der Waals surface area contributed by atoms with Crippen molar-refractivity contribution in [2.24, 2.45) is 5.92 Å². The van der Waals surface area contributed by atoms with Crippen LogP contribution in [0.25, 0.3) is 0 Å². The second kappa shape index (κ2) is 8.58. The van der Waals surface area contributed by atoms with Gasteiger partial charge in [0.2, 0.25) is 0 Å². The molecule has 2 aliphatic rings. The molecule has 3 heteroatoms. The topological polar surface area (TPSA) is 15.7 Å². The summed E-state index contributed by atoms with van der Waals surface area (Å²) in [7, 11) is 1.76. The van der Waals surface area contributed by atoms with Gasteiger partial charge in [0.05, 0.1) is 12.8 Å². The van der Waals surface area contributed by atoms with Gasteiger partial charge in [0.15, 0.2) is 0 Å². The SMILES string of the molecule is COc1ccccc1N1CCN(CCCC2CCCCC2)CC1. The number of hydrogen-bond donors (Lipinski definition) is 0. The number of para-hydroxylation sites is 2. The van der Waals surface area contributed by atoms with Crippen LogP contribution in [0.2, 0.25) is 0 Å². The molecule has 1 heterocycles. The third kappa shape index (κ3) is 4.63. The van der Waals surface area contributed by atoms with Crippen LogP contribution in [0.3, 0.4) is 0 Å². The van der Waals surface area contributed by atoms with E-state index in [2.05, 4.69) is 28.0 Å². The van der Waals surface area contributed by atoms with Gasteiger partial charge >= 0.3 is 0 Å². The molecular weight excluding hydrogens is 284 g/mol. The molecule has 0 radical (unpaired) electrons. The maximum atomic E-state index is 5.50. The van der Waals surface area contributed by atoms with Gasteiger partial charge in [-0.3, -0.25) is 4.90 Å². The number of anilines is 1. The summed E-state index contributed by atoms with van der Waals surface area (Å²) in [5.41, 5.74) is 1.25. The Bertz CT molecular complexity index is 462.